The molecule has 5 nitrogen and oxygen atoms in total. The first-order valence-corrected chi connectivity index (χ1v) is 8.35. The molecule has 1 atom stereocenters. The lowest BCUT2D eigenvalue weighted by atomic mass is 10.3. The van der Waals surface area contributed by atoms with E-state index in [4.69, 9.17) is 0 Å². The Morgan fingerprint density at radius 1 is 1.22 bits per heavy atom. The van der Waals surface area contributed by atoms with E-state index < -0.39 is 16.3 Å². The molecule has 1 fully saturated rings. The van der Waals surface area contributed by atoms with E-state index in [1.54, 1.807) is 4.31 Å². The van der Waals surface area contributed by atoms with E-state index in [1.165, 1.54) is 4.31 Å². The lowest BCUT2D eigenvalue weighted by Crippen LogP contribution is -2.44. The van der Waals surface area contributed by atoms with Crippen molar-refractivity contribution in [2.24, 2.45) is 0 Å². The van der Waals surface area contributed by atoms with Crippen molar-refractivity contribution in [2.45, 2.75) is 52.1 Å². The topological polar surface area (TPSA) is 60.9 Å². The van der Waals surface area contributed by atoms with Gasteiger partial charge in [0, 0.05) is 26.2 Å². The largest absolute Gasteiger partial charge is 0.392 e. The highest BCUT2D eigenvalue weighted by Crippen LogP contribution is 2.18. The van der Waals surface area contributed by atoms with Crippen LogP contribution in [0.5, 0.6) is 0 Å². The molecule has 0 unspecified atom stereocenters. The summed E-state index contributed by atoms with van der Waals surface area (Å²) in [7, 11) is -3.37. The van der Waals surface area contributed by atoms with E-state index in [2.05, 4.69) is 13.8 Å². The van der Waals surface area contributed by atoms with Crippen LogP contribution in [0.2, 0.25) is 0 Å². The van der Waals surface area contributed by atoms with Crippen molar-refractivity contribution in [3.05, 3.63) is 0 Å². The number of aliphatic hydroxyl groups is 1. The number of nitrogens with zero attached hydrogens (tertiary/aromatic N) is 2. The van der Waals surface area contributed by atoms with Crippen molar-refractivity contribution in [3.8, 4) is 0 Å². The van der Waals surface area contributed by atoms with Crippen LogP contribution in [0.4, 0.5) is 0 Å². The van der Waals surface area contributed by atoms with Crippen molar-refractivity contribution in [1.82, 2.24) is 8.61 Å². The summed E-state index contributed by atoms with van der Waals surface area (Å²) in [6, 6.07) is 0. The normalized spacial score (nSPS) is 21.9. The van der Waals surface area contributed by atoms with Crippen LogP contribution in [0.25, 0.3) is 0 Å². The van der Waals surface area contributed by atoms with Crippen LogP contribution in [-0.4, -0.2) is 54.4 Å². The molecule has 0 aromatic carbocycles. The molecule has 1 N–H and O–H groups in total. The molecule has 108 valence electrons. The predicted molar refractivity (Wildman–Crippen MR) is 72.5 cm³/mol. The lowest BCUT2D eigenvalue weighted by Gasteiger charge is -2.27. The molecule has 0 bridgehead atoms. The van der Waals surface area contributed by atoms with Crippen LogP contribution < -0.4 is 0 Å². The molecule has 0 radical (unpaired) electrons. The summed E-state index contributed by atoms with van der Waals surface area (Å²) in [4.78, 5) is 0. The Hall–Kier alpha value is -0.170. The first-order chi connectivity index (χ1) is 8.52. The van der Waals surface area contributed by atoms with Gasteiger partial charge in [0.2, 0.25) is 0 Å². The summed E-state index contributed by atoms with van der Waals surface area (Å²) in [6.45, 7) is 5.99. The fourth-order valence-electron chi connectivity index (χ4n) is 2.09. The highest BCUT2D eigenvalue weighted by molar-refractivity contribution is 7.86. The fourth-order valence-corrected chi connectivity index (χ4v) is 3.84. The van der Waals surface area contributed by atoms with Gasteiger partial charge < -0.3 is 5.11 Å². The quantitative estimate of drug-likeness (QED) is 0.726. The maximum Gasteiger partial charge on any atom is 0.282 e. The first-order valence-electron chi connectivity index (χ1n) is 6.95. The Kier molecular flexibility index (Phi) is 6.55. The van der Waals surface area contributed by atoms with Gasteiger partial charge in [0.1, 0.15) is 0 Å². The number of aliphatic hydroxyl groups excluding tert-OH is 1. The highest BCUT2D eigenvalue weighted by Gasteiger charge is 2.34. The molecule has 0 saturated carbocycles. The van der Waals surface area contributed by atoms with Crippen LogP contribution in [0.1, 0.15) is 46.0 Å². The summed E-state index contributed by atoms with van der Waals surface area (Å²) < 4.78 is 27.9. The van der Waals surface area contributed by atoms with Gasteiger partial charge in [-0.25, -0.2) is 0 Å². The van der Waals surface area contributed by atoms with Crippen molar-refractivity contribution < 1.29 is 13.5 Å². The smallest absolute Gasteiger partial charge is 0.282 e. The summed E-state index contributed by atoms with van der Waals surface area (Å²) in [5, 5.41) is 9.47. The minimum atomic E-state index is -3.37. The first kappa shape index (κ1) is 15.9. The molecular weight excluding hydrogens is 252 g/mol. The maximum atomic E-state index is 12.4. The molecular formula is C12H26N2O3S. The second kappa shape index (κ2) is 7.43. The van der Waals surface area contributed by atoms with Crippen LogP contribution in [0.15, 0.2) is 0 Å². The zero-order valence-corrected chi connectivity index (χ0v) is 12.3. The molecule has 0 spiro atoms. The third-order valence-electron chi connectivity index (χ3n) is 3.30. The molecule has 1 saturated heterocycles. The van der Waals surface area contributed by atoms with Gasteiger partial charge in [0.25, 0.3) is 10.2 Å². The highest BCUT2D eigenvalue weighted by atomic mass is 32.2. The predicted octanol–water partition coefficient (Wildman–Crippen LogP) is 1.20. The van der Waals surface area contributed by atoms with Gasteiger partial charge in [-0.2, -0.15) is 17.0 Å². The molecule has 0 aliphatic carbocycles. The van der Waals surface area contributed by atoms with Gasteiger partial charge in [-0.1, -0.05) is 26.7 Å². The van der Waals surface area contributed by atoms with Crippen molar-refractivity contribution in [1.29, 1.82) is 0 Å². The molecule has 1 aliphatic heterocycles. The third kappa shape index (κ3) is 4.19. The monoisotopic (exact) mass is 278 g/mol. The molecule has 0 aromatic rings. The number of β-amino-alcohol motifs (C(OH)–C–C–N with tert-alkyl or cyclic N) is 1. The second-order valence-electron chi connectivity index (χ2n) is 4.91. The van der Waals surface area contributed by atoms with Crippen molar-refractivity contribution in [2.75, 3.05) is 26.2 Å². The Balaban J connectivity index is 2.68. The lowest BCUT2D eigenvalue weighted by molar-refractivity contribution is 0.188. The number of hydrogen-bond donors (Lipinski definition) is 1. The van der Waals surface area contributed by atoms with E-state index in [0.717, 1.165) is 25.7 Å². The molecule has 1 rings (SSSR count). The van der Waals surface area contributed by atoms with Gasteiger partial charge in [0.05, 0.1) is 6.10 Å². The Morgan fingerprint density at radius 3 is 2.17 bits per heavy atom. The minimum Gasteiger partial charge on any atom is -0.392 e. The van der Waals surface area contributed by atoms with Gasteiger partial charge in [-0.15, -0.1) is 0 Å². The van der Waals surface area contributed by atoms with E-state index in [1.807, 2.05) is 0 Å². The Morgan fingerprint density at radius 2 is 1.78 bits per heavy atom. The van der Waals surface area contributed by atoms with Crippen LogP contribution in [0.3, 0.4) is 0 Å². The summed E-state index contributed by atoms with van der Waals surface area (Å²) >= 11 is 0. The van der Waals surface area contributed by atoms with Gasteiger partial charge in [-0.3, -0.25) is 0 Å². The summed E-state index contributed by atoms with van der Waals surface area (Å²) in [5.41, 5.74) is 0. The Bertz CT molecular complexity index is 324. The van der Waals surface area contributed by atoms with Crippen LogP contribution >= 0.6 is 0 Å². The average molecular weight is 278 g/mol. The van der Waals surface area contributed by atoms with Gasteiger partial charge in [-0.05, 0) is 19.3 Å². The molecule has 6 heteroatoms. The standard InChI is InChI=1S/C12H26N2O3S/c1-3-5-8-13(9-6-4-2)18(16,17)14-10-7-12(15)11-14/h12,15H,3-11H2,1-2H3/t12-/m1/s1. The zero-order valence-electron chi connectivity index (χ0n) is 11.5. The van der Waals surface area contributed by atoms with E-state index in [-0.39, 0.29) is 6.54 Å². The second-order valence-corrected chi connectivity index (χ2v) is 6.84. The fraction of sp³-hybridized carbons (Fsp3) is 1.00. The average Bonchev–Trinajstić information content (AvgIpc) is 2.76. The van der Waals surface area contributed by atoms with Crippen LogP contribution in [0, 0.1) is 0 Å². The summed E-state index contributed by atoms with van der Waals surface area (Å²) in [5.74, 6) is 0. The number of rotatable bonds is 8. The maximum absolute atomic E-state index is 12.4. The third-order valence-corrected chi connectivity index (χ3v) is 5.30. The number of hydrogen-bond acceptors (Lipinski definition) is 3. The van der Waals surface area contributed by atoms with E-state index in [9.17, 15) is 13.5 Å². The van der Waals surface area contributed by atoms with Crippen molar-refractivity contribution >= 4 is 10.2 Å². The van der Waals surface area contributed by atoms with E-state index in [0.29, 0.717) is 26.1 Å². The van der Waals surface area contributed by atoms with Crippen LogP contribution in [-0.2, 0) is 10.2 Å². The molecule has 1 heterocycles. The minimum absolute atomic E-state index is 0.247. The number of unbranched alkanes of at least 4 members (excludes halogenated alkanes) is 2. The Labute approximate surface area is 111 Å². The summed E-state index contributed by atoms with van der Waals surface area (Å²) in [6.07, 6.45) is 3.80. The molecule has 0 aromatic heterocycles. The van der Waals surface area contributed by atoms with E-state index >= 15 is 0 Å². The molecule has 18 heavy (non-hydrogen) atoms. The molecule has 1 aliphatic rings. The van der Waals surface area contributed by atoms with Gasteiger partial charge in [0.15, 0.2) is 0 Å². The molecule has 0 amide bonds. The van der Waals surface area contributed by atoms with Gasteiger partial charge >= 0.3 is 0 Å². The zero-order chi connectivity index (χ0) is 13.6. The SMILES string of the molecule is CCCCN(CCCC)S(=O)(=O)N1CC[C@@H](O)C1. The van der Waals surface area contributed by atoms with Crippen molar-refractivity contribution in [3.63, 3.8) is 0 Å².